The summed E-state index contributed by atoms with van der Waals surface area (Å²) in [5.41, 5.74) is 0.414. The van der Waals surface area contributed by atoms with Gasteiger partial charge in [-0.05, 0) is 23.1 Å². The van der Waals surface area contributed by atoms with Crippen molar-refractivity contribution in [3.8, 4) is 5.75 Å². The maximum absolute atomic E-state index is 11.4. The van der Waals surface area contributed by atoms with Crippen molar-refractivity contribution in [1.82, 2.24) is 0 Å². The fourth-order valence-corrected chi connectivity index (χ4v) is 2.27. The minimum absolute atomic E-state index is 0.00377. The number of hydrogen-bond acceptors (Lipinski definition) is 4. The van der Waals surface area contributed by atoms with E-state index in [0.717, 1.165) is 6.26 Å². The van der Waals surface area contributed by atoms with E-state index in [1.807, 2.05) is 20.8 Å². The summed E-state index contributed by atoms with van der Waals surface area (Å²) in [7, 11) is -2.24. The predicted molar refractivity (Wildman–Crippen MR) is 77.1 cm³/mol. The lowest BCUT2D eigenvalue weighted by Crippen LogP contribution is -2.17. The molecule has 2 N–H and O–H groups in total. The molecule has 0 amide bonds. The third-order valence-electron chi connectivity index (χ3n) is 2.68. The van der Waals surface area contributed by atoms with Crippen LogP contribution in [0.1, 0.15) is 36.7 Å². The zero-order chi connectivity index (χ0) is 15.7. The van der Waals surface area contributed by atoms with Gasteiger partial charge in [0, 0.05) is 0 Å². The highest BCUT2D eigenvalue weighted by atomic mass is 32.2. The zero-order valence-corrected chi connectivity index (χ0v) is 13.0. The smallest absolute Gasteiger partial charge is 0.339 e. The molecule has 0 fully saturated rings. The van der Waals surface area contributed by atoms with Crippen LogP contribution in [0.25, 0.3) is 0 Å². The summed E-state index contributed by atoms with van der Waals surface area (Å²) in [5, 5.41) is 9.25. The van der Waals surface area contributed by atoms with Crippen LogP contribution >= 0.6 is 0 Å². The van der Waals surface area contributed by atoms with Gasteiger partial charge in [0.25, 0.3) is 0 Å². The molecule has 0 atom stereocenters. The van der Waals surface area contributed by atoms with E-state index in [1.54, 1.807) is 6.07 Å². The van der Waals surface area contributed by atoms with E-state index < -0.39 is 16.0 Å². The van der Waals surface area contributed by atoms with Crippen molar-refractivity contribution >= 4 is 21.7 Å². The van der Waals surface area contributed by atoms with Gasteiger partial charge in [-0.1, -0.05) is 20.8 Å². The molecule has 0 saturated carbocycles. The van der Waals surface area contributed by atoms with Crippen LogP contribution < -0.4 is 9.46 Å². The van der Waals surface area contributed by atoms with Gasteiger partial charge in [-0.3, -0.25) is 4.72 Å². The van der Waals surface area contributed by atoms with Crippen LogP contribution in [0.5, 0.6) is 5.75 Å². The molecule has 1 aromatic carbocycles. The fourth-order valence-electron chi connectivity index (χ4n) is 1.72. The molecule has 0 aliphatic carbocycles. The largest absolute Gasteiger partial charge is 0.494 e. The molecule has 0 saturated heterocycles. The number of nitrogens with one attached hydrogen (secondary N) is 1. The van der Waals surface area contributed by atoms with Gasteiger partial charge >= 0.3 is 5.97 Å². The lowest BCUT2D eigenvalue weighted by Gasteiger charge is -2.22. The second-order valence-corrected chi connectivity index (χ2v) is 7.28. The van der Waals surface area contributed by atoms with E-state index in [1.165, 1.54) is 13.2 Å². The Morgan fingerprint density at radius 3 is 2.20 bits per heavy atom. The molecule has 0 unspecified atom stereocenters. The number of hydrogen-bond donors (Lipinski definition) is 2. The fraction of sp³-hybridized carbons (Fsp3) is 0.462. The number of ether oxygens (including phenoxy) is 1. The van der Waals surface area contributed by atoms with Gasteiger partial charge in [0.1, 0.15) is 5.56 Å². The van der Waals surface area contributed by atoms with Gasteiger partial charge in [0.15, 0.2) is 5.75 Å². The average Bonchev–Trinajstić information content (AvgIpc) is 2.24. The lowest BCUT2D eigenvalue weighted by atomic mass is 9.85. The Balaban J connectivity index is 3.62. The van der Waals surface area contributed by atoms with Crippen molar-refractivity contribution in [2.75, 3.05) is 18.1 Å². The summed E-state index contributed by atoms with van der Waals surface area (Å²) in [6.45, 7) is 5.72. The minimum Gasteiger partial charge on any atom is -0.494 e. The van der Waals surface area contributed by atoms with Crippen molar-refractivity contribution in [2.24, 2.45) is 0 Å². The van der Waals surface area contributed by atoms with Gasteiger partial charge in [-0.2, -0.15) is 0 Å². The molecule has 20 heavy (non-hydrogen) atoms. The Kier molecular flexibility index (Phi) is 4.33. The van der Waals surface area contributed by atoms with Gasteiger partial charge in [0.05, 0.1) is 19.1 Å². The van der Waals surface area contributed by atoms with E-state index in [4.69, 9.17) is 4.74 Å². The summed E-state index contributed by atoms with van der Waals surface area (Å²) in [6, 6.07) is 3.08. The minimum atomic E-state index is -3.54. The Hall–Kier alpha value is -1.76. The molecule has 6 nitrogen and oxygen atoms in total. The Morgan fingerprint density at radius 1 is 1.30 bits per heavy atom. The average molecular weight is 301 g/mol. The number of carbonyl (C=O) groups is 1. The normalized spacial score (nSPS) is 12.1. The van der Waals surface area contributed by atoms with Crippen molar-refractivity contribution < 1.29 is 23.1 Å². The van der Waals surface area contributed by atoms with Gasteiger partial charge in [-0.15, -0.1) is 0 Å². The molecule has 7 heteroatoms. The van der Waals surface area contributed by atoms with E-state index >= 15 is 0 Å². The molecule has 0 aliphatic heterocycles. The maximum atomic E-state index is 11.4. The number of benzene rings is 1. The third kappa shape index (κ3) is 3.86. The molecule has 0 spiro atoms. The first-order valence-electron chi connectivity index (χ1n) is 5.89. The molecule has 1 aromatic rings. The molecule has 0 radical (unpaired) electrons. The van der Waals surface area contributed by atoms with Crippen molar-refractivity contribution in [3.05, 3.63) is 23.3 Å². The SMILES string of the molecule is COc1c(NS(C)(=O)=O)cc(C(C)(C)C)cc1C(=O)O. The standard InChI is InChI=1S/C13H19NO5S/c1-13(2,3)8-6-9(12(15)16)11(19-4)10(7-8)14-20(5,17)18/h6-7,14H,1-5H3,(H,15,16). The van der Waals surface area contributed by atoms with Crippen LogP contribution in [0.2, 0.25) is 0 Å². The van der Waals surface area contributed by atoms with Crippen LogP contribution in [0.4, 0.5) is 5.69 Å². The lowest BCUT2D eigenvalue weighted by molar-refractivity contribution is 0.0693. The predicted octanol–water partition coefficient (Wildman–Crippen LogP) is 2.06. The number of carboxylic acids is 1. The molecular formula is C13H19NO5S. The van der Waals surface area contributed by atoms with Crippen molar-refractivity contribution in [2.45, 2.75) is 26.2 Å². The number of sulfonamides is 1. The second-order valence-electron chi connectivity index (χ2n) is 5.53. The molecule has 112 valence electrons. The number of carboxylic acid groups (broad SMARTS) is 1. The summed E-state index contributed by atoms with van der Waals surface area (Å²) in [6.07, 6.45) is 0.997. The molecule has 0 bridgehead atoms. The summed E-state index contributed by atoms with van der Waals surface area (Å²) in [4.78, 5) is 11.3. The molecule has 0 aliphatic rings. The highest BCUT2D eigenvalue weighted by Gasteiger charge is 2.23. The van der Waals surface area contributed by atoms with Crippen LogP contribution in [-0.4, -0.2) is 32.9 Å². The van der Waals surface area contributed by atoms with Crippen LogP contribution in [0, 0.1) is 0 Å². The van der Waals surface area contributed by atoms with Gasteiger partial charge < -0.3 is 9.84 Å². The number of rotatable bonds is 4. The summed E-state index contributed by atoms with van der Waals surface area (Å²) < 4.78 is 30.1. The Morgan fingerprint density at radius 2 is 1.85 bits per heavy atom. The van der Waals surface area contributed by atoms with Gasteiger partial charge in [-0.25, -0.2) is 13.2 Å². The molecule has 0 aromatic heterocycles. The van der Waals surface area contributed by atoms with E-state index in [0.29, 0.717) is 5.56 Å². The monoisotopic (exact) mass is 301 g/mol. The number of aromatic carboxylic acids is 1. The quantitative estimate of drug-likeness (QED) is 0.888. The van der Waals surface area contributed by atoms with Crippen molar-refractivity contribution in [3.63, 3.8) is 0 Å². The summed E-state index contributed by atoms with van der Waals surface area (Å²) >= 11 is 0. The van der Waals surface area contributed by atoms with Crippen LogP contribution in [0.3, 0.4) is 0 Å². The summed E-state index contributed by atoms with van der Waals surface area (Å²) in [5.74, 6) is -1.18. The Labute approximate surface area is 118 Å². The first-order valence-corrected chi connectivity index (χ1v) is 7.78. The van der Waals surface area contributed by atoms with Crippen LogP contribution in [0.15, 0.2) is 12.1 Å². The van der Waals surface area contributed by atoms with Crippen molar-refractivity contribution in [1.29, 1.82) is 0 Å². The Bertz CT molecular complexity index is 629. The highest BCUT2D eigenvalue weighted by Crippen LogP contribution is 2.35. The molecule has 1 rings (SSSR count). The maximum Gasteiger partial charge on any atom is 0.339 e. The number of methoxy groups -OCH3 is 1. The third-order valence-corrected chi connectivity index (χ3v) is 3.28. The van der Waals surface area contributed by atoms with E-state index in [2.05, 4.69) is 4.72 Å². The zero-order valence-electron chi connectivity index (χ0n) is 12.1. The topological polar surface area (TPSA) is 92.7 Å². The second kappa shape index (κ2) is 5.32. The highest BCUT2D eigenvalue weighted by molar-refractivity contribution is 7.92. The molecule has 0 heterocycles. The first kappa shape index (κ1) is 16.3. The van der Waals surface area contributed by atoms with E-state index in [-0.39, 0.29) is 22.4 Å². The number of anilines is 1. The van der Waals surface area contributed by atoms with Gasteiger partial charge in [0.2, 0.25) is 10.0 Å². The van der Waals surface area contributed by atoms with Crippen LogP contribution in [-0.2, 0) is 15.4 Å². The first-order chi connectivity index (χ1) is 8.95. The molecular weight excluding hydrogens is 282 g/mol. The van der Waals surface area contributed by atoms with E-state index in [9.17, 15) is 18.3 Å².